The molecule has 2 rings (SSSR count). The summed E-state index contributed by atoms with van der Waals surface area (Å²) in [6.45, 7) is 8.55. The van der Waals surface area contributed by atoms with Crippen LogP contribution in [0.5, 0.6) is 0 Å². The molecular formula is C16H32N2. The summed E-state index contributed by atoms with van der Waals surface area (Å²) in [4.78, 5) is 0. The Kier molecular flexibility index (Phi) is 5.50. The molecule has 0 amide bonds. The van der Waals surface area contributed by atoms with Crippen LogP contribution in [0.1, 0.15) is 65.2 Å². The maximum absolute atomic E-state index is 3.71. The van der Waals surface area contributed by atoms with Gasteiger partial charge in [0.25, 0.3) is 0 Å². The van der Waals surface area contributed by atoms with Crippen LogP contribution in [0, 0.1) is 11.3 Å². The van der Waals surface area contributed by atoms with Crippen molar-refractivity contribution in [2.45, 2.75) is 71.3 Å². The lowest BCUT2D eigenvalue weighted by Gasteiger charge is -2.37. The Balaban J connectivity index is 1.61. The monoisotopic (exact) mass is 252 g/mol. The first-order valence-corrected chi connectivity index (χ1v) is 8.12. The van der Waals surface area contributed by atoms with E-state index in [-0.39, 0.29) is 0 Å². The highest BCUT2D eigenvalue weighted by atomic mass is 15.0. The van der Waals surface area contributed by atoms with Gasteiger partial charge >= 0.3 is 0 Å². The van der Waals surface area contributed by atoms with Gasteiger partial charge in [0.2, 0.25) is 0 Å². The van der Waals surface area contributed by atoms with Crippen molar-refractivity contribution in [3.8, 4) is 0 Å². The fraction of sp³-hybridized carbons (Fsp3) is 1.00. The summed E-state index contributed by atoms with van der Waals surface area (Å²) in [6, 6.07) is 0.787. The average Bonchev–Trinajstić information content (AvgIpc) is 2.89. The Labute approximate surface area is 113 Å². The smallest absolute Gasteiger partial charge is 0.00796 e. The van der Waals surface area contributed by atoms with Crippen molar-refractivity contribution in [3.63, 3.8) is 0 Å². The molecule has 0 aromatic heterocycles. The Bertz CT molecular complexity index is 225. The van der Waals surface area contributed by atoms with Crippen molar-refractivity contribution in [1.82, 2.24) is 10.6 Å². The van der Waals surface area contributed by atoms with Crippen molar-refractivity contribution in [3.05, 3.63) is 0 Å². The Hall–Kier alpha value is -0.0800. The van der Waals surface area contributed by atoms with E-state index in [9.17, 15) is 0 Å². The van der Waals surface area contributed by atoms with E-state index < -0.39 is 0 Å². The van der Waals surface area contributed by atoms with Crippen LogP contribution in [0.15, 0.2) is 0 Å². The van der Waals surface area contributed by atoms with Gasteiger partial charge in [0, 0.05) is 12.6 Å². The number of rotatable bonds is 6. The average molecular weight is 252 g/mol. The lowest BCUT2D eigenvalue weighted by atomic mass is 9.71. The predicted molar refractivity (Wildman–Crippen MR) is 78.9 cm³/mol. The molecule has 2 heteroatoms. The molecule has 106 valence electrons. The van der Waals surface area contributed by atoms with Crippen LogP contribution in [-0.4, -0.2) is 25.7 Å². The highest BCUT2D eigenvalue weighted by Gasteiger charge is 2.30. The van der Waals surface area contributed by atoms with E-state index in [0.717, 1.165) is 12.0 Å². The second-order valence-corrected chi connectivity index (χ2v) is 7.08. The topological polar surface area (TPSA) is 24.1 Å². The van der Waals surface area contributed by atoms with Crippen LogP contribution in [0.25, 0.3) is 0 Å². The molecule has 1 unspecified atom stereocenters. The molecule has 18 heavy (non-hydrogen) atoms. The van der Waals surface area contributed by atoms with Crippen LogP contribution in [0.3, 0.4) is 0 Å². The first-order chi connectivity index (χ1) is 8.68. The zero-order chi connectivity index (χ0) is 12.8. The Morgan fingerprint density at radius 3 is 2.50 bits per heavy atom. The largest absolute Gasteiger partial charge is 0.316 e. The van der Waals surface area contributed by atoms with Gasteiger partial charge in [0.15, 0.2) is 0 Å². The molecule has 1 atom stereocenters. The molecule has 0 radical (unpaired) electrons. The quantitative estimate of drug-likeness (QED) is 0.709. The minimum atomic E-state index is 0.490. The van der Waals surface area contributed by atoms with E-state index in [1.807, 2.05) is 0 Å². The van der Waals surface area contributed by atoms with Crippen LogP contribution < -0.4 is 10.6 Å². The molecule has 2 N–H and O–H groups in total. The molecule has 0 bridgehead atoms. The summed E-state index contributed by atoms with van der Waals surface area (Å²) in [5, 5.41) is 7.29. The van der Waals surface area contributed by atoms with Gasteiger partial charge in [-0.25, -0.2) is 0 Å². The maximum Gasteiger partial charge on any atom is 0.00796 e. The van der Waals surface area contributed by atoms with Crippen molar-refractivity contribution in [2.24, 2.45) is 11.3 Å². The van der Waals surface area contributed by atoms with E-state index in [0.29, 0.717) is 5.41 Å². The van der Waals surface area contributed by atoms with Crippen molar-refractivity contribution in [1.29, 1.82) is 0 Å². The first kappa shape index (κ1) is 14.3. The molecule has 1 saturated carbocycles. The van der Waals surface area contributed by atoms with Gasteiger partial charge in [-0.3, -0.25) is 0 Å². The number of nitrogens with one attached hydrogen (secondary N) is 2. The molecule has 1 aliphatic carbocycles. The van der Waals surface area contributed by atoms with Gasteiger partial charge in [-0.1, -0.05) is 33.1 Å². The Morgan fingerprint density at radius 1 is 1.06 bits per heavy atom. The summed E-state index contributed by atoms with van der Waals surface area (Å²) in [7, 11) is 0. The molecule has 2 aliphatic rings. The molecular weight excluding hydrogens is 220 g/mol. The fourth-order valence-electron chi connectivity index (χ4n) is 3.72. The van der Waals surface area contributed by atoms with E-state index in [2.05, 4.69) is 24.5 Å². The van der Waals surface area contributed by atoms with Crippen molar-refractivity contribution < 1.29 is 0 Å². The van der Waals surface area contributed by atoms with Gasteiger partial charge in [-0.05, 0) is 56.5 Å². The maximum atomic E-state index is 3.71. The minimum Gasteiger partial charge on any atom is -0.316 e. The third kappa shape index (κ3) is 4.24. The zero-order valence-electron chi connectivity index (χ0n) is 12.4. The first-order valence-electron chi connectivity index (χ1n) is 8.12. The number of hydrogen-bond donors (Lipinski definition) is 2. The highest BCUT2D eigenvalue weighted by molar-refractivity contribution is 4.83. The van der Waals surface area contributed by atoms with E-state index in [4.69, 9.17) is 0 Å². The lowest BCUT2D eigenvalue weighted by Crippen LogP contribution is -2.38. The third-order valence-electron chi connectivity index (χ3n) is 5.12. The van der Waals surface area contributed by atoms with Crippen molar-refractivity contribution in [2.75, 3.05) is 19.6 Å². The zero-order valence-corrected chi connectivity index (χ0v) is 12.4. The lowest BCUT2D eigenvalue weighted by molar-refractivity contribution is 0.154. The molecule has 1 aliphatic heterocycles. The molecule has 1 saturated heterocycles. The summed E-state index contributed by atoms with van der Waals surface area (Å²) < 4.78 is 0. The van der Waals surface area contributed by atoms with Crippen LogP contribution >= 0.6 is 0 Å². The molecule has 2 nitrogen and oxygen atoms in total. The fourth-order valence-corrected chi connectivity index (χ4v) is 3.72. The molecule has 0 spiro atoms. The second kappa shape index (κ2) is 6.91. The second-order valence-electron chi connectivity index (χ2n) is 7.08. The summed E-state index contributed by atoms with van der Waals surface area (Å²) in [6.07, 6.45) is 11.4. The third-order valence-corrected chi connectivity index (χ3v) is 5.12. The van der Waals surface area contributed by atoms with Gasteiger partial charge < -0.3 is 10.6 Å². The molecule has 0 aromatic rings. The molecule has 1 heterocycles. The van der Waals surface area contributed by atoms with E-state index >= 15 is 0 Å². The van der Waals surface area contributed by atoms with Gasteiger partial charge in [-0.15, -0.1) is 0 Å². The van der Waals surface area contributed by atoms with E-state index in [1.54, 1.807) is 0 Å². The van der Waals surface area contributed by atoms with Gasteiger partial charge in [-0.2, -0.15) is 0 Å². The van der Waals surface area contributed by atoms with Gasteiger partial charge in [0.05, 0.1) is 0 Å². The molecule has 0 aromatic carbocycles. The standard InChI is InChI=1S/C16H32N2/c1-16(2,14-7-4-3-5-8-14)13-17-12-10-15-9-6-11-18-15/h14-15,17-18H,3-13H2,1-2H3. The minimum absolute atomic E-state index is 0.490. The van der Waals surface area contributed by atoms with Crippen LogP contribution in [0.4, 0.5) is 0 Å². The summed E-state index contributed by atoms with van der Waals surface area (Å²) >= 11 is 0. The predicted octanol–water partition coefficient (Wildman–Crippen LogP) is 3.32. The van der Waals surface area contributed by atoms with Crippen molar-refractivity contribution >= 4 is 0 Å². The summed E-state index contributed by atoms with van der Waals surface area (Å²) in [5.41, 5.74) is 0.490. The van der Waals surface area contributed by atoms with E-state index in [1.165, 1.54) is 71.0 Å². The van der Waals surface area contributed by atoms with Crippen LogP contribution in [-0.2, 0) is 0 Å². The number of hydrogen-bond acceptors (Lipinski definition) is 2. The van der Waals surface area contributed by atoms with Gasteiger partial charge in [0.1, 0.15) is 0 Å². The molecule has 2 fully saturated rings. The SMILES string of the molecule is CC(C)(CNCCC1CCCN1)C1CCCCC1. The normalized spacial score (nSPS) is 26.7. The summed E-state index contributed by atoms with van der Waals surface area (Å²) in [5.74, 6) is 0.948. The van der Waals surface area contributed by atoms with Crippen LogP contribution in [0.2, 0.25) is 0 Å². The highest BCUT2D eigenvalue weighted by Crippen LogP contribution is 2.37. The Morgan fingerprint density at radius 2 is 1.83 bits per heavy atom.